The molecule has 0 fully saturated rings. The van der Waals surface area contributed by atoms with E-state index in [-0.39, 0.29) is 0 Å². The van der Waals surface area contributed by atoms with Gasteiger partial charge in [0, 0.05) is 11.4 Å². The topological polar surface area (TPSA) is 12.5 Å². The van der Waals surface area contributed by atoms with Crippen molar-refractivity contribution >= 4 is 27.1 Å². The van der Waals surface area contributed by atoms with Crippen LogP contribution in [-0.2, 0) is 0 Å². The molecule has 34 heavy (non-hydrogen) atoms. The van der Waals surface area contributed by atoms with Gasteiger partial charge in [-0.05, 0) is 66.3 Å². The van der Waals surface area contributed by atoms with Gasteiger partial charge in [0.1, 0.15) is 12.4 Å². The number of halogens is 1. The van der Waals surface area contributed by atoms with Crippen LogP contribution in [0.3, 0.4) is 0 Å². The van der Waals surface area contributed by atoms with Crippen molar-refractivity contribution in [3.8, 4) is 5.75 Å². The Morgan fingerprint density at radius 1 is 0.735 bits per heavy atom. The van der Waals surface area contributed by atoms with E-state index < -0.39 is 0 Å². The molecule has 3 aromatic rings. The minimum absolute atomic E-state index is 0.342. The number of allylic oxidation sites excluding steroid dienone is 1. The van der Waals surface area contributed by atoms with E-state index >= 15 is 0 Å². The number of hydrogen-bond acceptors (Lipinski definition) is 2. The SMILES string of the molecule is CC/C(=C(\c1ccccc1)c1ccc(OCC(CBr)N(C)C(CC)CC)cc1)c1ccccc1. The van der Waals surface area contributed by atoms with Gasteiger partial charge in [-0.15, -0.1) is 0 Å². The minimum atomic E-state index is 0.342. The van der Waals surface area contributed by atoms with Crippen LogP contribution in [0.2, 0.25) is 0 Å². The van der Waals surface area contributed by atoms with Crippen LogP contribution >= 0.6 is 15.9 Å². The van der Waals surface area contributed by atoms with Crippen molar-refractivity contribution in [2.45, 2.75) is 52.1 Å². The molecule has 0 amide bonds. The summed E-state index contributed by atoms with van der Waals surface area (Å²) in [5, 5.41) is 0.899. The van der Waals surface area contributed by atoms with Gasteiger partial charge in [-0.3, -0.25) is 4.90 Å². The highest BCUT2D eigenvalue weighted by molar-refractivity contribution is 9.09. The first-order valence-corrected chi connectivity index (χ1v) is 13.6. The zero-order chi connectivity index (χ0) is 24.3. The average molecular weight is 521 g/mol. The van der Waals surface area contributed by atoms with Crippen LogP contribution in [0.25, 0.3) is 11.1 Å². The van der Waals surface area contributed by atoms with Gasteiger partial charge in [0.05, 0.1) is 6.04 Å². The average Bonchev–Trinajstić information content (AvgIpc) is 2.90. The quantitative estimate of drug-likeness (QED) is 0.176. The summed E-state index contributed by atoms with van der Waals surface area (Å²) in [5.74, 6) is 0.915. The predicted octanol–water partition coefficient (Wildman–Crippen LogP) is 8.32. The van der Waals surface area contributed by atoms with E-state index in [1.54, 1.807) is 0 Å². The first kappa shape index (κ1) is 26.2. The molecule has 0 bridgehead atoms. The maximum Gasteiger partial charge on any atom is 0.119 e. The molecule has 180 valence electrons. The molecule has 0 heterocycles. The third-order valence-corrected chi connectivity index (χ3v) is 7.45. The van der Waals surface area contributed by atoms with Crippen molar-refractivity contribution in [1.29, 1.82) is 0 Å². The molecule has 0 aliphatic rings. The third-order valence-electron chi connectivity index (χ3n) is 6.70. The number of rotatable bonds is 12. The number of alkyl halides is 1. The second-order valence-corrected chi connectivity index (χ2v) is 9.37. The fourth-order valence-electron chi connectivity index (χ4n) is 4.63. The van der Waals surface area contributed by atoms with Crippen molar-refractivity contribution in [3.63, 3.8) is 0 Å². The summed E-state index contributed by atoms with van der Waals surface area (Å²) < 4.78 is 6.24. The maximum absolute atomic E-state index is 6.24. The zero-order valence-electron chi connectivity index (χ0n) is 21.0. The minimum Gasteiger partial charge on any atom is -0.492 e. The van der Waals surface area contributed by atoms with E-state index in [9.17, 15) is 0 Å². The zero-order valence-corrected chi connectivity index (χ0v) is 22.6. The van der Waals surface area contributed by atoms with Crippen LogP contribution in [0.1, 0.15) is 56.7 Å². The van der Waals surface area contributed by atoms with Gasteiger partial charge in [-0.25, -0.2) is 0 Å². The van der Waals surface area contributed by atoms with E-state index in [1.165, 1.54) is 27.8 Å². The van der Waals surface area contributed by atoms with Crippen LogP contribution in [0, 0.1) is 0 Å². The van der Waals surface area contributed by atoms with Crippen molar-refractivity contribution in [2.24, 2.45) is 0 Å². The summed E-state index contributed by atoms with van der Waals surface area (Å²) in [7, 11) is 2.21. The molecule has 0 N–H and O–H groups in total. The summed E-state index contributed by atoms with van der Waals surface area (Å²) in [5.41, 5.74) is 6.36. The Balaban J connectivity index is 1.87. The van der Waals surface area contributed by atoms with Gasteiger partial charge in [0.25, 0.3) is 0 Å². The number of likely N-dealkylation sites (N-methyl/N-ethyl adjacent to an activating group) is 1. The van der Waals surface area contributed by atoms with Crippen LogP contribution < -0.4 is 4.74 Å². The smallest absolute Gasteiger partial charge is 0.119 e. The summed E-state index contributed by atoms with van der Waals surface area (Å²) in [4.78, 5) is 2.45. The van der Waals surface area contributed by atoms with Crippen LogP contribution in [0.15, 0.2) is 84.9 Å². The van der Waals surface area contributed by atoms with Gasteiger partial charge in [-0.1, -0.05) is 109 Å². The fraction of sp³-hybridized carbons (Fsp3) is 0.355. The molecule has 2 nitrogen and oxygen atoms in total. The van der Waals surface area contributed by atoms with E-state index in [2.05, 4.69) is 134 Å². The van der Waals surface area contributed by atoms with Gasteiger partial charge < -0.3 is 4.74 Å². The fourth-order valence-corrected chi connectivity index (χ4v) is 5.27. The lowest BCUT2D eigenvalue weighted by atomic mass is 9.88. The van der Waals surface area contributed by atoms with Crippen LogP contribution in [-0.4, -0.2) is 36.0 Å². The lowest BCUT2D eigenvalue weighted by Gasteiger charge is -2.33. The van der Waals surface area contributed by atoms with Crippen molar-refractivity contribution in [2.75, 3.05) is 19.0 Å². The van der Waals surface area contributed by atoms with Gasteiger partial charge in [0.2, 0.25) is 0 Å². The molecular weight excluding hydrogens is 482 g/mol. The molecule has 0 saturated heterocycles. The first-order chi connectivity index (χ1) is 16.6. The van der Waals surface area contributed by atoms with Crippen LogP contribution in [0.5, 0.6) is 5.75 Å². The second kappa shape index (κ2) is 13.5. The molecule has 0 aromatic heterocycles. The Morgan fingerprint density at radius 2 is 1.26 bits per heavy atom. The lowest BCUT2D eigenvalue weighted by molar-refractivity contribution is 0.128. The Hall–Kier alpha value is -2.36. The van der Waals surface area contributed by atoms with E-state index in [0.717, 1.165) is 30.3 Å². The molecule has 1 atom stereocenters. The molecule has 3 rings (SSSR count). The molecule has 0 saturated carbocycles. The molecule has 0 radical (unpaired) electrons. The number of ether oxygens (including phenoxy) is 1. The Kier molecular flexibility index (Phi) is 10.4. The summed E-state index contributed by atoms with van der Waals surface area (Å²) in [6.07, 6.45) is 3.27. The molecule has 3 heteroatoms. The lowest BCUT2D eigenvalue weighted by Crippen LogP contribution is -2.44. The standard InChI is InChI=1S/C31H38BrNO/c1-5-27(6-2)33(4)28(22-32)23-34-29-20-18-26(19-21-29)31(25-16-12-9-13-17-25)30(7-3)24-14-10-8-11-15-24/h8-21,27-28H,5-7,22-23H2,1-4H3/b31-30-. The van der Waals surface area contributed by atoms with Crippen molar-refractivity contribution < 1.29 is 4.74 Å². The Labute approximate surface area is 214 Å². The molecule has 0 spiro atoms. The normalized spacial score (nSPS) is 13.1. The predicted molar refractivity (Wildman–Crippen MR) is 151 cm³/mol. The van der Waals surface area contributed by atoms with E-state index in [4.69, 9.17) is 4.74 Å². The molecule has 1 unspecified atom stereocenters. The highest BCUT2D eigenvalue weighted by atomic mass is 79.9. The highest BCUT2D eigenvalue weighted by Crippen LogP contribution is 2.35. The number of benzene rings is 3. The number of hydrogen-bond donors (Lipinski definition) is 0. The van der Waals surface area contributed by atoms with Crippen LogP contribution in [0.4, 0.5) is 0 Å². The third kappa shape index (κ3) is 6.61. The summed E-state index contributed by atoms with van der Waals surface area (Å²) in [6.45, 7) is 7.42. The molecule has 0 aliphatic heterocycles. The summed E-state index contributed by atoms with van der Waals surface area (Å²) in [6, 6.07) is 31.0. The monoisotopic (exact) mass is 519 g/mol. The highest BCUT2D eigenvalue weighted by Gasteiger charge is 2.20. The largest absolute Gasteiger partial charge is 0.492 e. The summed E-state index contributed by atoms with van der Waals surface area (Å²) >= 11 is 3.69. The molecule has 0 aliphatic carbocycles. The maximum atomic E-state index is 6.24. The van der Waals surface area contributed by atoms with Gasteiger partial charge >= 0.3 is 0 Å². The van der Waals surface area contributed by atoms with Crippen molar-refractivity contribution in [1.82, 2.24) is 4.90 Å². The Bertz CT molecular complexity index is 1010. The van der Waals surface area contributed by atoms with Crippen molar-refractivity contribution in [3.05, 3.63) is 102 Å². The number of nitrogens with zero attached hydrogens (tertiary/aromatic N) is 1. The second-order valence-electron chi connectivity index (χ2n) is 8.72. The first-order valence-electron chi connectivity index (χ1n) is 12.5. The van der Waals surface area contributed by atoms with Gasteiger partial charge in [0.15, 0.2) is 0 Å². The van der Waals surface area contributed by atoms with Gasteiger partial charge in [-0.2, -0.15) is 0 Å². The molecule has 3 aromatic carbocycles. The molecular formula is C31H38BrNO. The van der Waals surface area contributed by atoms with E-state index in [0.29, 0.717) is 18.7 Å². The Morgan fingerprint density at radius 3 is 1.76 bits per heavy atom. The van der Waals surface area contributed by atoms with E-state index in [1.807, 2.05) is 0 Å².